The third kappa shape index (κ3) is 3.03. The lowest BCUT2D eigenvalue weighted by Gasteiger charge is -2.07. The third-order valence-electron chi connectivity index (χ3n) is 2.09. The van der Waals surface area contributed by atoms with Crippen LogP contribution < -0.4 is 4.72 Å². The van der Waals surface area contributed by atoms with E-state index < -0.39 is 16.1 Å². The van der Waals surface area contributed by atoms with Crippen molar-refractivity contribution in [3.63, 3.8) is 0 Å². The third-order valence-corrected chi connectivity index (χ3v) is 3.80. The summed E-state index contributed by atoms with van der Waals surface area (Å²) >= 11 is 0. The van der Waals surface area contributed by atoms with Crippen molar-refractivity contribution in [2.24, 2.45) is 0 Å². The Hall–Kier alpha value is -0.920. The van der Waals surface area contributed by atoms with Gasteiger partial charge in [0.1, 0.15) is 10.6 Å². The first-order valence-electron chi connectivity index (χ1n) is 4.95. The Kier molecular flexibility index (Phi) is 4.06. The SMILES string of the molecule is Cc1noc(C)c1S(=O)(=O)NCCC(C)O. The van der Waals surface area contributed by atoms with E-state index >= 15 is 0 Å². The first kappa shape index (κ1) is 13.1. The monoisotopic (exact) mass is 248 g/mol. The number of hydrogen-bond donors (Lipinski definition) is 2. The minimum Gasteiger partial charge on any atom is -0.393 e. The minimum atomic E-state index is -3.59. The molecular formula is C9H16N2O4S. The molecule has 0 aliphatic heterocycles. The van der Waals surface area contributed by atoms with E-state index in [1.807, 2.05) is 0 Å². The number of sulfonamides is 1. The molecule has 1 aromatic rings. The molecule has 1 unspecified atom stereocenters. The highest BCUT2D eigenvalue weighted by Gasteiger charge is 2.23. The molecule has 0 aromatic carbocycles. The van der Waals surface area contributed by atoms with Crippen molar-refractivity contribution < 1.29 is 18.0 Å². The van der Waals surface area contributed by atoms with E-state index in [0.717, 1.165) is 0 Å². The zero-order valence-electron chi connectivity index (χ0n) is 9.52. The summed E-state index contributed by atoms with van der Waals surface area (Å²) in [6, 6.07) is 0. The lowest BCUT2D eigenvalue weighted by atomic mass is 10.3. The van der Waals surface area contributed by atoms with Gasteiger partial charge < -0.3 is 9.63 Å². The zero-order valence-corrected chi connectivity index (χ0v) is 10.3. The van der Waals surface area contributed by atoms with Gasteiger partial charge in [-0.05, 0) is 27.2 Å². The second kappa shape index (κ2) is 4.94. The van der Waals surface area contributed by atoms with Gasteiger partial charge in [0.2, 0.25) is 10.0 Å². The Morgan fingerprint density at radius 3 is 2.56 bits per heavy atom. The second-order valence-electron chi connectivity index (χ2n) is 3.69. The van der Waals surface area contributed by atoms with Crippen LogP contribution in [0.25, 0.3) is 0 Å². The molecule has 92 valence electrons. The van der Waals surface area contributed by atoms with Crippen LogP contribution in [-0.2, 0) is 10.0 Å². The summed E-state index contributed by atoms with van der Waals surface area (Å²) in [7, 11) is -3.59. The molecule has 6 nitrogen and oxygen atoms in total. The molecule has 1 atom stereocenters. The number of aryl methyl sites for hydroxylation is 2. The Morgan fingerprint density at radius 1 is 1.50 bits per heavy atom. The topological polar surface area (TPSA) is 92.4 Å². The highest BCUT2D eigenvalue weighted by atomic mass is 32.2. The molecule has 1 rings (SSSR count). The highest BCUT2D eigenvalue weighted by molar-refractivity contribution is 7.89. The van der Waals surface area contributed by atoms with Gasteiger partial charge in [0.25, 0.3) is 0 Å². The standard InChI is InChI=1S/C9H16N2O4S/c1-6(12)4-5-10-16(13,14)9-7(2)11-15-8(9)3/h6,10,12H,4-5H2,1-3H3. The van der Waals surface area contributed by atoms with Gasteiger partial charge in [-0.1, -0.05) is 5.16 Å². The maximum atomic E-state index is 11.8. The first-order valence-corrected chi connectivity index (χ1v) is 6.43. The normalized spacial score (nSPS) is 14.0. The summed E-state index contributed by atoms with van der Waals surface area (Å²) in [5.41, 5.74) is 0.335. The summed E-state index contributed by atoms with van der Waals surface area (Å²) in [5, 5.41) is 12.6. The lowest BCUT2D eigenvalue weighted by molar-refractivity contribution is 0.186. The molecule has 2 N–H and O–H groups in total. The second-order valence-corrected chi connectivity index (χ2v) is 5.39. The van der Waals surface area contributed by atoms with Gasteiger partial charge in [-0.2, -0.15) is 0 Å². The van der Waals surface area contributed by atoms with Crippen LogP contribution >= 0.6 is 0 Å². The molecule has 1 heterocycles. The number of nitrogens with zero attached hydrogens (tertiary/aromatic N) is 1. The summed E-state index contributed by atoms with van der Waals surface area (Å²) in [4.78, 5) is 0.0816. The van der Waals surface area contributed by atoms with Crippen molar-refractivity contribution >= 4 is 10.0 Å². The molecular weight excluding hydrogens is 232 g/mol. The van der Waals surface area contributed by atoms with Crippen LogP contribution in [0, 0.1) is 13.8 Å². The molecule has 7 heteroatoms. The molecule has 1 aromatic heterocycles. The van der Waals surface area contributed by atoms with Crippen LogP contribution in [0.1, 0.15) is 24.8 Å². The number of aliphatic hydroxyl groups excluding tert-OH is 1. The molecule has 0 aliphatic rings. The van der Waals surface area contributed by atoms with Crippen LogP contribution in [0.3, 0.4) is 0 Å². The van der Waals surface area contributed by atoms with Crippen molar-refractivity contribution in [3.05, 3.63) is 11.5 Å². The van der Waals surface area contributed by atoms with E-state index in [9.17, 15) is 8.42 Å². The number of aromatic nitrogens is 1. The van der Waals surface area contributed by atoms with Crippen LogP contribution in [0.5, 0.6) is 0 Å². The molecule has 0 bridgehead atoms. The fourth-order valence-electron chi connectivity index (χ4n) is 1.33. The van der Waals surface area contributed by atoms with E-state index in [0.29, 0.717) is 12.1 Å². The van der Waals surface area contributed by atoms with E-state index in [4.69, 9.17) is 9.63 Å². The van der Waals surface area contributed by atoms with Crippen molar-refractivity contribution in [3.8, 4) is 0 Å². The fourth-order valence-corrected chi connectivity index (χ4v) is 2.71. The number of nitrogens with one attached hydrogen (secondary N) is 1. The fraction of sp³-hybridized carbons (Fsp3) is 0.667. The molecule has 16 heavy (non-hydrogen) atoms. The van der Waals surface area contributed by atoms with Crippen LogP contribution in [0.15, 0.2) is 9.42 Å². The van der Waals surface area contributed by atoms with Crippen LogP contribution in [-0.4, -0.2) is 31.3 Å². The van der Waals surface area contributed by atoms with Gasteiger partial charge in [-0.15, -0.1) is 0 Å². The molecule has 0 spiro atoms. The van der Waals surface area contributed by atoms with Gasteiger partial charge in [0.15, 0.2) is 5.76 Å². The molecule has 0 radical (unpaired) electrons. The van der Waals surface area contributed by atoms with Crippen molar-refractivity contribution in [1.82, 2.24) is 9.88 Å². The Bertz CT molecular complexity index is 431. The molecule has 0 saturated carbocycles. The maximum absolute atomic E-state index is 11.8. The smallest absolute Gasteiger partial charge is 0.245 e. The van der Waals surface area contributed by atoms with Gasteiger partial charge >= 0.3 is 0 Å². The Balaban J connectivity index is 2.79. The van der Waals surface area contributed by atoms with Gasteiger partial charge in [-0.3, -0.25) is 0 Å². The van der Waals surface area contributed by atoms with Gasteiger partial charge in [0.05, 0.1) is 6.10 Å². The summed E-state index contributed by atoms with van der Waals surface area (Å²) < 4.78 is 30.8. The zero-order chi connectivity index (χ0) is 12.3. The van der Waals surface area contributed by atoms with Crippen LogP contribution in [0.2, 0.25) is 0 Å². The molecule has 0 amide bonds. The predicted octanol–water partition coefficient (Wildman–Crippen LogP) is 0.341. The van der Waals surface area contributed by atoms with Gasteiger partial charge in [-0.25, -0.2) is 13.1 Å². The predicted molar refractivity (Wildman–Crippen MR) is 57.5 cm³/mol. The number of rotatable bonds is 5. The quantitative estimate of drug-likeness (QED) is 0.784. The summed E-state index contributed by atoms with van der Waals surface area (Å²) in [6.07, 6.45) is -0.171. The van der Waals surface area contributed by atoms with Crippen molar-refractivity contribution in [2.45, 2.75) is 38.2 Å². The van der Waals surface area contributed by atoms with E-state index in [2.05, 4.69) is 9.88 Å². The number of hydrogen-bond acceptors (Lipinski definition) is 5. The Morgan fingerprint density at radius 2 is 2.12 bits per heavy atom. The van der Waals surface area contributed by atoms with Crippen molar-refractivity contribution in [1.29, 1.82) is 0 Å². The molecule has 0 saturated heterocycles. The minimum absolute atomic E-state index is 0.0816. The highest BCUT2D eigenvalue weighted by Crippen LogP contribution is 2.18. The molecule has 0 aliphatic carbocycles. The first-order chi connectivity index (χ1) is 7.34. The van der Waals surface area contributed by atoms with E-state index in [-0.39, 0.29) is 17.2 Å². The molecule has 0 fully saturated rings. The average Bonchev–Trinajstić information content (AvgIpc) is 2.45. The number of aliphatic hydroxyl groups is 1. The Labute approximate surface area is 94.7 Å². The summed E-state index contributed by atoms with van der Waals surface area (Å²) in [6.45, 7) is 4.90. The van der Waals surface area contributed by atoms with E-state index in [1.54, 1.807) is 20.8 Å². The summed E-state index contributed by atoms with van der Waals surface area (Å²) in [5.74, 6) is 0.266. The van der Waals surface area contributed by atoms with Gasteiger partial charge in [0, 0.05) is 6.54 Å². The average molecular weight is 248 g/mol. The largest absolute Gasteiger partial charge is 0.393 e. The van der Waals surface area contributed by atoms with Crippen molar-refractivity contribution in [2.75, 3.05) is 6.54 Å². The maximum Gasteiger partial charge on any atom is 0.245 e. The van der Waals surface area contributed by atoms with Crippen LogP contribution in [0.4, 0.5) is 0 Å². The lowest BCUT2D eigenvalue weighted by Crippen LogP contribution is -2.27. The van der Waals surface area contributed by atoms with E-state index in [1.165, 1.54) is 0 Å².